The zero-order chi connectivity index (χ0) is 30.7. The molecule has 1 aromatic heterocycles. The van der Waals surface area contributed by atoms with Crippen molar-refractivity contribution in [2.75, 3.05) is 7.11 Å². The molecule has 1 heterocycles. The van der Waals surface area contributed by atoms with Gasteiger partial charge in [-0.25, -0.2) is 14.6 Å². The highest BCUT2D eigenvalue weighted by Gasteiger charge is 2.55. The molecule has 2 aliphatic carbocycles. The van der Waals surface area contributed by atoms with Crippen LogP contribution >= 0.6 is 0 Å². The Kier molecular flexibility index (Phi) is 8.70. The topological polar surface area (TPSA) is 124 Å². The minimum absolute atomic E-state index is 0.0641. The van der Waals surface area contributed by atoms with Gasteiger partial charge in [-0.15, -0.1) is 13.2 Å². The van der Waals surface area contributed by atoms with E-state index in [-0.39, 0.29) is 12.0 Å². The first-order chi connectivity index (χ1) is 20.0. The maximum absolute atomic E-state index is 13.3. The van der Waals surface area contributed by atoms with Crippen LogP contribution in [0.2, 0.25) is 0 Å². The highest BCUT2D eigenvalue weighted by Crippen LogP contribution is 2.40. The first-order valence-corrected chi connectivity index (χ1v) is 13.7. The van der Waals surface area contributed by atoms with Crippen LogP contribution in [0, 0.1) is 5.92 Å². The number of nitrogens with zero attached hydrogens (tertiary/aromatic N) is 1. The first kappa shape index (κ1) is 30.3. The molecular formula is C33H36N2O7. The Hall–Kier alpha value is -4.66. The summed E-state index contributed by atoms with van der Waals surface area (Å²) in [7, 11) is 1.58. The quantitative estimate of drug-likeness (QED) is 0.269. The van der Waals surface area contributed by atoms with Crippen molar-refractivity contribution >= 4 is 28.7 Å². The molecule has 5 rings (SSSR count). The molecule has 2 aliphatic rings. The zero-order valence-electron chi connectivity index (χ0n) is 24.3. The summed E-state index contributed by atoms with van der Waals surface area (Å²) < 4.78 is 17.2. The third-order valence-corrected chi connectivity index (χ3v) is 7.00. The molecule has 0 bridgehead atoms. The number of carbonyl (C=O) groups excluding carboxylic acids is 2. The normalized spacial score (nSPS) is 18.6. The first-order valence-electron chi connectivity index (χ1n) is 13.7. The molecule has 220 valence electrons. The highest BCUT2D eigenvalue weighted by molar-refractivity contribution is 5.99. The van der Waals surface area contributed by atoms with Crippen molar-refractivity contribution in [3.05, 3.63) is 79.4 Å². The van der Waals surface area contributed by atoms with Crippen LogP contribution in [-0.2, 0) is 19.1 Å². The number of amides is 1. The van der Waals surface area contributed by atoms with Crippen molar-refractivity contribution in [1.82, 2.24) is 10.3 Å². The third-order valence-electron chi connectivity index (χ3n) is 7.00. The standard InChI is InChI=1S/C31H32N2O7.C2H4/c1-30(2,3)40-29(37)31(12-13-31)33-27(34)22-14-20(15-23(22)28(35)36)39-26-17-24(18-8-6-5-7-9-18)32-25-16-19(38-4)10-11-21(25)26;1-2/h5-11,15-17,20,22H,12-14H2,1-4H3,(H,33,34)(H,35,36);1-2H2. The number of hydrogen-bond donors (Lipinski definition) is 2. The monoisotopic (exact) mass is 572 g/mol. The number of carboxylic acid groups (broad SMARTS) is 1. The van der Waals surface area contributed by atoms with Gasteiger partial charge >= 0.3 is 11.9 Å². The van der Waals surface area contributed by atoms with Gasteiger partial charge in [0.15, 0.2) is 0 Å². The number of fused-ring (bicyclic) bond motifs is 1. The smallest absolute Gasteiger partial charge is 0.332 e. The van der Waals surface area contributed by atoms with Crippen molar-refractivity contribution < 1.29 is 33.7 Å². The Morgan fingerprint density at radius 1 is 1.05 bits per heavy atom. The number of hydrogen-bond acceptors (Lipinski definition) is 7. The summed E-state index contributed by atoms with van der Waals surface area (Å²) in [6, 6.07) is 16.9. The summed E-state index contributed by atoms with van der Waals surface area (Å²) in [5.74, 6) is -2.08. The Morgan fingerprint density at radius 2 is 1.74 bits per heavy atom. The highest BCUT2D eigenvalue weighted by atomic mass is 16.6. The predicted octanol–water partition coefficient (Wildman–Crippen LogP) is 5.48. The van der Waals surface area contributed by atoms with E-state index >= 15 is 0 Å². The average molecular weight is 573 g/mol. The third kappa shape index (κ3) is 6.62. The SMILES string of the molecule is C=C.COc1ccc2c(OC3C=C(C(=O)O)C(C(=O)NC4(C(=O)OC(C)(C)C)CC4)C3)cc(-c3ccccc3)nc2c1. The van der Waals surface area contributed by atoms with Crippen molar-refractivity contribution in [3.63, 3.8) is 0 Å². The molecule has 2 atom stereocenters. The molecule has 0 spiro atoms. The average Bonchev–Trinajstić information content (AvgIpc) is 3.62. The fourth-order valence-electron chi connectivity index (χ4n) is 4.82. The molecule has 0 radical (unpaired) electrons. The predicted molar refractivity (Wildman–Crippen MR) is 159 cm³/mol. The Bertz CT molecular complexity index is 1520. The number of methoxy groups -OCH3 is 1. The van der Waals surface area contributed by atoms with E-state index in [9.17, 15) is 19.5 Å². The van der Waals surface area contributed by atoms with Gasteiger partial charge in [0.2, 0.25) is 5.91 Å². The molecule has 3 aromatic rings. The molecular weight excluding hydrogens is 536 g/mol. The molecule has 1 fully saturated rings. The minimum atomic E-state index is -1.21. The summed E-state index contributed by atoms with van der Waals surface area (Å²) in [4.78, 5) is 42.9. The van der Waals surface area contributed by atoms with Crippen LogP contribution in [0.25, 0.3) is 22.2 Å². The molecule has 9 heteroatoms. The Morgan fingerprint density at radius 3 is 2.33 bits per heavy atom. The fraction of sp³-hybridized carbons (Fsp3) is 0.333. The van der Waals surface area contributed by atoms with E-state index < -0.39 is 41.0 Å². The maximum atomic E-state index is 13.3. The molecule has 1 saturated carbocycles. The summed E-state index contributed by atoms with van der Waals surface area (Å²) >= 11 is 0. The van der Waals surface area contributed by atoms with Crippen LogP contribution in [0.15, 0.2) is 79.4 Å². The van der Waals surface area contributed by atoms with E-state index in [1.807, 2.05) is 48.5 Å². The number of aliphatic carboxylic acids is 1. The van der Waals surface area contributed by atoms with Crippen LogP contribution in [0.1, 0.15) is 40.0 Å². The number of rotatable bonds is 8. The van der Waals surface area contributed by atoms with Crippen LogP contribution < -0.4 is 14.8 Å². The van der Waals surface area contributed by atoms with E-state index in [0.29, 0.717) is 35.6 Å². The van der Waals surface area contributed by atoms with Crippen LogP contribution in [0.3, 0.4) is 0 Å². The van der Waals surface area contributed by atoms with Crippen molar-refractivity contribution in [2.24, 2.45) is 5.92 Å². The van der Waals surface area contributed by atoms with Gasteiger partial charge in [-0.2, -0.15) is 0 Å². The van der Waals surface area contributed by atoms with Gasteiger partial charge in [-0.1, -0.05) is 30.3 Å². The number of pyridine rings is 1. The second-order valence-electron chi connectivity index (χ2n) is 11.2. The molecule has 0 saturated heterocycles. The molecule has 0 aliphatic heterocycles. The summed E-state index contributed by atoms with van der Waals surface area (Å²) in [6.45, 7) is 11.3. The van der Waals surface area contributed by atoms with E-state index in [0.717, 1.165) is 10.9 Å². The second kappa shape index (κ2) is 12.1. The molecule has 2 aromatic carbocycles. The lowest BCUT2D eigenvalue weighted by atomic mass is 9.99. The van der Waals surface area contributed by atoms with E-state index in [4.69, 9.17) is 19.2 Å². The van der Waals surface area contributed by atoms with Gasteiger partial charge in [0.1, 0.15) is 28.7 Å². The lowest BCUT2D eigenvalue weighted by Crippen LogP contribution is -2.48. The van der Waals surface area contributed by atoms with Gasteiger partial charge < -0.3 is 24.6 Å². The van der Waals surface area contributed by atoms with Crippen LogP contribution in [0.4, 0.5) is 0 Å². The molecule has 42 heavy (non-hydrogen) atoms. The summed E-state index contributed by atoms with van der Waals surface area (Å²) in [6.07, 6.45) is 1.79. The van der Waals surface area contributed by atoms with Gasteiger partial charge in [0, 0.05) is 35.1 Å². The number of esters is 1. The fourth-order valence-corrected chi connectivity index (χ4v) is 4.82. The van der Waals surface area contributed by atoms with Crippen molar-refractivity contribution in [2.45, 2.75) is 57.3 Å². The zero-order valence-corrected chi connectivity index (χ0v) is 24.3. The van der Waals surface area contributed by atoms with Gasteiger partial charge in [-0.05, 0) is 51.8 Å². The van der Waals surface area contributed by atoms with Gasteiger partial charge in [-0.3, -0.25) is 4.79 Å². The lowest BCUT2D eigenvalue weighted by Gasteiger charge is -2.25. The Labute approximate surface area is 245 Å². The van der Waals surface area contributed by atoms with Gasteiger partial charge in [0.25, 0.3) is 0 Å². The van der Waals surface area contributed by atoms with E-state index in [1.54, 1.807) is 33.9 Å². The lowest BCUT2D eigenvalue weighted by molar-refractivity contribution is -0.160. The van der Waals surface area contributed by atoms with E-state index in [1.165, 1.54) is 6.08 Å². The number of benzene rings is 2. The Balaban J connectivity index is 0.00000198. The number of aromatic nitrogens is 1. The molecule has 2 unspecified atom stereocenters. The summed E-state index contributed by atoms with van der Waals surface area (Å²) in [5, 5.41) is 13.4. The summed E-state index contributed by atoms with van der Waals surface area (Å²) in [5.41, 5.74) is 0.339. The molecule has 9 nitrogen and oxygen atoms in total. The molecule has 1 amide bonds. The molecule has 2 N–H and O–H groups in total. The second-order valence-corrected chi connectivity index (χ2v) is 11.2. The largest absolute Gasteiger partial charge is 0.497 e. The van der Waals surface area contributed by atoms with Gasteiger partial charge in [0.05, 0.1) is 24.2 Å². The number of carboxylic acids is 1. The number of ether oxygens (including phenoxy) is 3. The van der Waals surface area contributed by atoms with Crippen molar-refractivity contribution in [1.29, 1.82) is 0 Å². The number of nitrogens with one attached hydrogen (secondary N) is 1. The van der Waals surface area contributed by atoms with Crippen LogP contribution in [-0.4, -0.2) is 52.3 Å². The number of carbonyl (C=O) groups is 3. The van der Waals surface area contributed by atoms with E-state index in [2.05, 4.69) is 18.5 Å². The maximum Gasteiger partial charge on any atom is 0.332 e. The van der Waals surface area contributed by atoms with Crippen LogP contribution in [0.5, 0.6) is 11.5 Å². The minimum Gasteiger partial charge on any atom is -0.497 e. The van der Waals surface area contributed by atoms with Crippen molar-refractivity contribution in [3.8, 4) is 22.8 Å².